The monoisotopic (exact) mass is 183 g/mol. The van der Waals surface area contributed by atoms with Gasteiger partial charge < -0.3 is 0 Å². The zero-order valence-electron chi connectivity index (χ0n) is 9.88. The molecule has 1 heterocycles. The predicted molar refractivity (Wildman–Crippen MR) is 58.9 cm³/mol. The average molecular weight is 183 g/mol. The van der Waals surface area contributed by atoms with Crippen LogP contribution in [-0.2, 0) is 0 Å². The van der Waals surface area contributed by atoms with E-state index >= 15 is 0 Å². The molecule has 0 bridgehead atoms. The summed E-state index contributed by atoms with van der Waals surface area (Å²) in [6.07, 6.45) is 2.80. The molecule has 1 aliphatic rings. The van der Waals surface area contributed by atoms with Crippen molar-refractivity contribution in [3.63, 3.8) is 0 Å². The summed E-state index contributed by atoms with van der Waals surface area (Å²) in [4.78, 5) is 2.64. The summed E-state index contributed by atoms with van der Waals surface area (Å²) in [6, 6.07) is 1.52. The summed E-state index contributed by atoms with van der Waals surface area (Å²) in [7, 11) is 0. The fraction of sp³-hybridized carbons (Fsp3) is 1.00. The molecule has 2 atom stereocenters. The topological polar surface area (TPSA) is 3.24 Å². The van der Waals surface area contributed by atoms with E-state index in [2.05, 4.69) is 39.5 Å². The van der Waals surface area contributed by atoms with E-state index < -0.39 is 0 Å². The van der Waals surface area contributed by atoms with Crippen LogP contribution in [-0.4, -0.2) is 23.5 Å². The van der Waals surface area contributed by atoms with Gasteiger partial charge in [0.2, 0.25) is 0 Å². The summed E-state index contributed by atoms with van der Waals surface area (Å²) >= 11 is 0. The molecule has 1 rings (SSSR count). The van der Waals surface area contributed by atoms with Crippen molar-refractivity contribution >= 4 is 0 Å². The highest BCUT2D eigenvalue weighted by molar-refractivity contribution is 4.81. The Morgan fingerprint density at radius 2 is 1.77 bits per heavy atom. The van der Waals surface area contributed by atoms with E-state index in [4.69, 9.17) is 0 Å². The average Bonchev–Trinajstić information content (AvgIpc) is 2.03. The van der Waals surface area contributed by atoms with Gasteiger partial charge in [-0.3, -0.25) is 4.90 Å². The van der Waals surface area contributed by atoms with Crippen LogP contribution in [0.15, 0.2) is 0 Å². The minimum atomic E-state index is 0.725. The lowest BCUT2D eigenvalue weighted by molar-refractivity contribution is 0.0764. The molecule has 1 heteroatoms. The summed E-state index contributed by atoms with van der Waals surface area (Å²) < 4.78 is 0. The Labute approximate surface area is 83.5 Å². The Balaban J connectivity index is 2.46. The fourth-order valence-corrected chi connectivity index (χ4v) is 2.60. The van der Waals surface area contributed by atoms with Crippen LogP contribution in [0.4, 0.5) is 0 Å². The molecule has 78 valence electrons. The number of nitrogens with zero attached hydrogens (tertiary/aromatic N) is 1. The van der Waals surface area contributed by atoms with E-state index in [1.807, 2.05) is 0 Å². The lowest BCUT2D eigenvalue weighted by atomic mass is 9.83. The number of hydrogen-bond acceptors (Lipinski definition) is 1. The van der Waals surface area contributed by atoms with E-state index in [0.29, 0.717) is 0 Å². The molecular formula is C12H25N. The maximum Gasteiger partial charge on any atom is 0.00723 e. The van der Waals surface area contributed by atoms with Gasteiger partial charge in [0.05, 0.1) is 0 Å². The first-order valence-electron chi connectivity index (χ1n) is 5.78. The van der Waals surface area contributed by atoms with Gasteiger partial charge in [0.15, 0.2) is 0 Å². The standard InChI is InChI=1S/C12H25N/c1-9(2)12-6-7-13(10(3)4)11(5)8-12/h9-12H,6-8H2,1-5H3/t11-,12?/m1/s1. The van der Waals surface area contributed by atoms with Crippen LogP contribution < -0.4 is 0 Å². The van der Waals surface area contributed by atoms with E-state index in [-0.39, 0.29) is 0 Å². The van der Waals surface area contributed by atoms with E-state index in [1.165, 1.54) is 19.4 Å². The Morgan fingerprint density at radius 3 is 2.15 bits per heavy atom. The maximum absolute atomic E-state index is 2.64. The molecule has 0 aromatic heterocycles. The maximum atomic E-state index is 2.64. The minimum Gasteiger partial charge on any atom is -0.298 e. The van der Waals surface area contributed by atoms with Gasteiger partial charge in [0, 0.05) is 12.1 Å². The summed E-state index contributed by atoms with van der Waals surface area (Å²) in [6.45, 7) is 13.0. The van der Waals surface area contributed by atoms with Crippen LogP contribution in [0, 0.1) is 11.8 Å². The molecule has 1 fully saturated rings. The van der Waals surface area contributed by atoms with Gasteiger partial charge in [0.1, 0.15) is 0 Å². The molecule has 0 aromatic rings. The van der Waals surface area contributed by atoms with Crippen LogP contribution in [0.5, 0.6) is 0 Å². The van der Waals surface area contributed by atoms with Crippen molar-refractivity contribution in [3.8, 4) is 0 Å². The highest BCUT2D eigenvalue weighted by Gasteiger charge is 2.28. The SMILES string of the molecule is CC(C)C1CCN(C(C)C)[C@H](C)C1. The molecular weight excluding hydrogens is 158 g/mol. The predicted octanol–water partition coefficient (Wildman–Crippen LogP) is 3.15. The Kier molecular flexibility index (Phi) is 3.78. The molecule has 0 aromatic carbocycles. The molecule has 0 amide bonds. The molecule has 0 saturated carbocycles. The third-order valence-electron chi connectivity index (χ3n) is 3.57. The third kappa shape index (κ3) is 2.70. The molecule has 13 heavy (non-hydrogen) atoms. The van der Waals surface area contributed by atoms with Gasteiger partial charge in [-0.2, -0.15) is 0 Å². The van der Waals surface area contributed by atoms with Gasteiger partial charge in [0.25, 0.3) is 0 Å². The van der Waals surface area contributed by atoms with Crippen LogP contribution >= 0.6 is 0 Å². The van der Waals surface area contributed by atoms with Crippen molar-refractivity contribution < 1.29 is 0 Å². The molecule has 1 saturated heterocycles. The lowest BCUT2D eigenvalue weighted by Crippen LogP contribution is -2.45. The van der Waals surface area contributed by atoms with Gasteiger partial charge in [-0.15, -0.1) is 0 Å². The Hall–Kier alpha value is -0.0400. The summed E-state index contributed by atoms with van der Waals surface area (Å²) in [5.41, 5.74) is 0. The Bertz CT molecular complexity index is 151. The third-order valence-corrected chi connectivity index (χ3v) is 3.57. The van der Waals surface area contributed by atoms with Crippen LogP contribution in [0.1, 0.15) is 47.5 Å². The van der Waals surface area contributed by atoms with E-state index in [9.17, 15) is 0 Å². The first kappa shape index (κ1) is 11.0. The molecule has 0 radical (unpaired) electrons. The van der Waals surface area contributed by atoms with Crippen LogP contribution in [0.25, 0.3) is 0 Å². The highest BCUT2D eigenvalue weighted by Crippen LogP contribution is 2.29. The van der Waals surface area contributed by atoms with Crippen LogP contribution in [0.2, 0.25) is 0 Å². The summed E-state index contributed by atoms with van der Waals surface area (Å²) in [5, 5.41) is 0. The van der Waals surface area contributed by atoms with Gasteiger partial charge >= 0.3 is 0 Å². The van der Waals surface area contributed by atoms with Crippen molar-refractivity contribution in [2.45, 2.75) is 59.5 Å². The first-order valence-corrected chi connectivity index (χ1v) is 5.78. The van der Waals surface area contributed by atoms with Gasteiger partial charge in [-0.05, 0) is 52.0 Å². The number of rotatable bonds is 2. The molecule has 1 nitrogen and oxygen atoms in total. The van der Waals surface area contributed by atoms with Crippen molar-refractivity contribution in [1.82, 2.24) is 4.90 Å². The number of piperidine rings is 1. The lowest BCUT2D eigenvalue weighted by Gasteiger charge is -2.41. The smallest absolute Gasteiger partial charge is 0.00723 e. The normalized spacial score (nSPS) is 31.6. The molecule has 0 spiro atoms. The van der Waals surface area contributed by atoms with Gasteiger partial charge in [-0.1, -0.05) is 13.8 Å². The van der Waals surface area contributed by atoms with Gasteiger partial charge in [-0.25, -0.2) is 0 Å². The largest absolute Gasteiger partial charge is 0.298 e. The van der Waals surface area contributed by atoms with Crippen molar-refractivity contribution in [2.75, 3.05) is 6.54 Å². The van der Waals surface area contributed by atoms with Crippen molar-refractivity contribution in [2.24, 2.45) is 11.8 Å². The zero-order valence-corrected chi connectivity index (χ0v) is 9.88. The first-order chi connectivity index (χ1) is 6.02. The summed E-state index contributed by atoms with van der Waals surface area (Å²) in [5.74, 6) is 1.83. The van der Waals surface area contributed by atoms with Crippen molar-refractivity contribution in [1.29, 1.82) is 0 Å². The molecule has 1 aliphatic heterocycles. The minimum absolute atomic E-state index is 0.725. The second kappa shape index (κ2) is 4.45. The van der Waals surface area contributed by atoms with Crippen molar-refractivity contribution in [3.05, 3.63) is 0 Å². The Morgan fingerprint density at radius 1 is 1.15 bits per heavy atom. The molecule has 0 aliphatic carbocycles. The molecule has 0 N–H and O–H groups in total. The van der Waals surface area contributed by atoms with E-state index in [0.717, 1.165) is 23.9 Å². The number of likely N-dealkylation sites (tertiary alicyclic amines) is 1. The zero-order chi connectivity index (χ0) is 10.0. The quantitative estimate of drug-likeness (QED) is 0.635. The van der Waals surface area contributed by atoms with E-state index in [1.54, 1.807) is 0 Å². The highest BCUT2D eigenvalue weighted by atomic mass is 15.2. The number of hydrogen-bond donors (Lipinski definition) is 0. The fourth-order valence-electron chi connectivity index (χ4n) is 2.60. The van der Waals surface area contributed by atoms with Crippen LogP contribution in [0.3, 0.4) is 0 Å². The second-order valence-electron chi connectivity index (χ2n) is 5.21. The molecule has 1 unspecified atom stereocenters. The second-order valence-corrected chi connectivity index (χ2v) is 5.21.